The lowest BCUT2D eigenvalue weighted by atomic mass is 10.4. The van der Waals surface area contributed by atoms with Gasteiger partial charge in [-0.15, -0.1) is 0 Å². The second-order valence-corrected chi connectivity index (χ2v) is 4.15. The highest BCUT2D eigenvalue weighted by Gasteiger charge is 2.11. The number of furan rings is 1. The van der Waals surface area contributed by atoms with Gasteiger partial charge in [0.05, 0.1) is 24.4 Å². The van der Waals surface area contributed by atoms with Gasteiger partial charge in [-0.05, 0) is 12.1 Å². The molecule has 5 heteroatoms. The van der Waals surface area contributed by atoms with Crippen LogP contribution in [0.15, 0.2) is 22.8 Å². The fraction of sp³-hybridized carbons (Fsp3) is 0.111. The van der Waals surface area contributed by atoms with Crippen LogP contribution in [0.4, 0.5) is 0 Å². The van der Waals surface area contributed by atoms with Gasteiger partial charge in [0.1, 0.15) is 4.34 Å². The summed E-state index contributed by atoms with van der Waals surface area (Å²) in [6.45, 7) is 0. The largest absolute Gasteiger partial charge is 0.462 e. The predicted molar refractivity (Wildman–Crippen MR) is 54.1 cm³/mol. The van der Waals surface area contributed by atoms with Crippen LogP contribution >= 0.6 is 22.9 Å². The van der Waals surface area contributed by atoms with Gasteiger partial charge in [-0.3, -0.25) is 0 Å². The molecule has 0 amide bonds. The normalized spacial score (nSPS) is 10.0. The zero-order valence-corrected chi connectivity index (χ0v) is 8.60. The Morgan fingerprint density at radius 3 is 3.14 bits per heavy atom. The van der Waals surface area contributed by atoms with Crippen LogP contribution in [0.5, 0.6) is 0 Å². The van der Waals surface area contributed by atoms with Gasteiger partial charge in [-0.2, -0.15) is 5.26 Å². The lowest BCUT2D eigenvalue weighted by Gasteiger charge is -1.85. The Morgan fingerprint density at radius 2 is 2.50 bits per heavy atom. The molecule has 2 rings (SSSR count). The molecule has 0 aliphatic carbocycles. The highest BCUT2D eigenvalue weighted by atomic mass is 35.5. The Hall–Kier alpha value is -1.31. The lowest BCUT2D eigenvalue weighted by Crippen LogP contribution is -1.81. The maximum Gasteiger partial charge on any atom is 0.162 e. The SMILES string of the molecule is N#CCc1nc(-c2ccco2)sc1Cl. The highest BCUT2D eigenvalue weighted by molar-refractivity contribution is 7.19. The van der Waals surface area contributed by atoms with Crippen molar-refractivity contribution in [3.05, 3.63) is 28.4 Å². The quantitative estimate of drug-likeness (QED) is 0.788. The minimum Gasteiger partial charge on any atom is -0.462 e. The third kappa shape index (κ3) is 1.65. The molecule has 0 fully saturated rings. The van der Waals surface area contributed by atoms with Crippen molar-refractivity contribution < 1.29 is 4.42 Å². The van der Waals surface area contributed by atoms with Crippen LogP contribution in [0.1, 0.15) is 5.69 Å². The molecule has 0 bridgehead atoms. The van der Waals surface area contributed by atoms with E-state index in [0.29, 0.717) is 20.8 Å². The van der Waals surface area contributed by atoms with Crippen molar-refractivity contribution in [2.45, 2.75) is 6.42 Å². The summed E-state index contributed by atoms with van der Waals surface area (Å²) in [6, 6.07) is 5.61. The smallest absolute Gasteiger partial charge is 0.162 e. The van der Waals surface area contributed by atoms with Crippen LogP contribution in [-0.4, -0.2) is 4.98 Å². The monoisotopic (exact) mass is 224 g/mol. The summed E-state index contributed by atoms with van der Waals surface area (Å²) < 4.78 is 5.73. The molecule has 2 aromatic heterocycles. The number of aromatic nitrogens is 1. The zero-order valence-electron chi connectivity index (χ0n) is 7.03. The van der Waals surface area contributed by atoms with E-state index in [0.717, 1.165) is 0 Å². The zero-order chi connectivity index (χ0) is 9.97. The summed E-state index contributed by atoms with van der Waals surface area (Å²) in [5.41, 5.74) is 0.616. The molecule has 0 aliphatic rings. The Balaban J connectivity index is 2.39. The van der Waals surface area contributed by atoms with Crippen LogP contribution in [-0.2, 0) is 6.42 Å². The summed E-state index contributed by atoms with van der Waals surface area (Å²) >= 11 is 7.23. The number of rotatable bonds is 2. The molecule has 2 heterocycles. The third-order valence-corrected chi connectivity index (χ3v) is 2.98. The van der Waals surface area contributed by atoms with Crippen molar-refractivity contribution in [3.63, 3.8) is 0 Å². The fourth-order valence-electron chi connectivity index (χ4n) is 1.02. The molecule has 0 saturated carbocycles. The van der Waals surface area contributed by atoms with E-state index in [-0.39, 0.29) is 6.42 Å². The topological polar surface area (TPSA) is 49.8 Å². The second kappa shape index (κ2) is 3.82. The standard InChI is InChI=1S/C9H5ClN2OS/c10-8-6(3-4-11)12-9(14-8)7-2-1-5-13-7/h1-2,5H,3H2. The van der Waals surface area contributed by atoms with E-state index in [4.69, 9.17) is 21.3 Å². The summed E-state index contributed by atoms with van der Waals surface area (Å²) in [6.07, 6.45) is 1.81. The summed E-state index contributed by atoms with van der Waals surface area (Å²) in [7, 11) is 0. The number of thiazole rings is 1. The van der Waals surface area contributed by atoms with Gasteiger partial charge >= 0.3 is 0 Å². The predicted octanol–water partition coefficient (Wildman–Crippen LogP) is 3.12. The molecule has 2 aromatic rings. The van der Waals surface area contributed by atoms with Crippen LogP contribution in [0.3, 0.4) is 0 Å². The van der Waals surface area contributed by atoms with Gasteiger partial charge < -0.3 is 4.42 Å². The summed E-state index contributed by atoms with van der Waals surface area (Å²) in [5.74, 6) is 0.682. The molecule has 0 radical (unpaired) electrons. The maximum absolute atomic E-state index is 8.52. The van der Waals surface area contributed by atoms with E-state index in [1.807, 2.05) is 12.1 Å². The molecule has 0 aromatic carbocycles. The first kappa shape index (κ1) is 9.25. The molecular formula is C9H5ClN2OS. The van der Waals surface area contributed by atoms with Crippen molar-refractivity contribution >= 4 is 22.9 Å². The maximum atomic E-state index is 8.52. The molecule has 14 heavy (non-hydrogen) atoms. The Kier molecular flexibility index (Phi) is 2.53. The number of nitrogens with zero attached hydrogens (tertiary/aromatic N) is 2. The van der Waals surface area contributed by atoms with Gasteiger partial charge in [0.2, 0.25) is 0 Å². The minimum atomic E-state index is 0.232. The van der Waals surface area contributed by atoms with Gasteiger partial charge in [-0.1, -0.05) is 22.9 Å². The Morgan fingerprint density at radius 1 is 1.64 bits per heavy atom. The van der Waals surface area contributed by atoms with Crippen molar-refractivity contribution in [3.8, 4) is 16.8 Å². The van der Waals surface area contributed by atoms with Crippen molar-refractivity contribution in [1.29, 1.82) is 5.26 Å². The number of halogens is 1. The van der Waals surface area contributed by atoms with E-state index in [1.54, 1.807) is 12.3 Å². The highest BCUT2D eigenvalue weighted by Crippen LogP contribution is 2.31. The molecule has 0 aliphatic heterocycles. The molecule has 0 atom stereocenters. The number of hydrogen-bond acceptors (Lipinski definition) is 4. The first-order valence-corrected chi connectivity index (χ1v) is 5.06. The number of hydrogen-bond donors (Lipinski definition) is 0. The van der Waals surface area contributed by atoms with Gasteiger partial charge in [0.15, 0.2) is 10.8 Å². The second-order valence-electron chi connectivity index (χ2n) is 2.55. The fourth-order valence-corrected chi connectivity index (χ4v) is 2.13. The molecular weight excluding hydrogens is 220 g/mol. The summed E-state index contributed by atoms with van der Waals surface area (Å²) in [5, 5.41) is 9.23. The van der Waals surface area contributed by atoms with Crippen LogP contribution in [0.2, 0.25) is 4.34 Å². The van der Waals surface area contributed by atoms with E-state index in [9.17, 15) is 0 Å². The molecule has 0 N–H and O–H groups in total. The van der Waals surface area contributed by atoms with E-state index in [2.05, 4.69) is 4.98 Å². The average molecular weight is 225 g/mol. The van der Waals surface area contributed by atoms with E-state index >= 15 is 0 Å². The summed E-state index contributed by atoms with van der Waals surface area (Å²) in [4.78, 5) is 4.21. The first-order valence-electron chi connectivity index (χ1n) is 3.87. The van der Waals surface area contributed by atoms with E-state index in [1.165, 1.54) is 11.3 Å². The van der Waals surface area contributed by atoms with Crippen molar-refractivity contribution in [2.24, 2.45) is 0 Å². The minimum absolute atomic E-state index is 0.232. The third-order valence-electron chi connectivity index (χ3n) is 1.63. The Bertz CT molecular complexity index is 469. The van der Waals surface area contributed by atoms with Crippen LogP contribution < -0.4 is 0 Å². The molecule has 70 valence electrons. The van der Waals surface area contributed by atoms with Crippen LogP contribution in [0.25, 0.3) is 10.8 Å². The first-order chi connectivity index (χ1) is 6.81. The Labute approximate surface area is 89.6 Å². The molecule has 0 saturated heterocycles. The van der Waals surface area contributed by atoms with Crippen molar-refractivity contribution in [1.82, 2.24) is 4.98 Å². The molecule has 0 spiro atoms. The molecule has 3 nitrogen and oxygen atoms in total. The van der Waals surface area contributed by atoms with Gasteiger partial charge in [-0.25, -0.2) is 4.98 Å². The lowest BCUT2D eigenvalue weighted by molar-refractivity contribution is 0.581. The average Bonchev–Trinajstić information content (AvgIpc) is 2.76. The molecule has 0 unspecified atom stereocenters. The van der Waals surface area contributed by atoms with Gasteiger partial charge in [0.25, 0.3) is 0 Å². The van der Waals surface area contributed by atoms with E-state index < -0.39 is 0 Å². The van der Waals surface area contributed by atoms with Crippen LogP contribution in [0, 0.1) is 11.3 Å². The van der Waals surface area contributed by atoms with Crippen molar-refractivity contribution in [2.75, 3.05) is 0 Å². The number of nitriles is 1. The van der Waals surface area contributed by atoms with Gasteiger partial charge in [0, 0.05) is 0 Å².